The Bertz CT molecular complexity index is 876. The number of phenols is 2. The Hall–Kier alpha value is -2.90. The van der Waals surface area contributed by atoms with Crippen LogP contribution in [0.1, 0.15) is 45.7 Å². The second kappa shape index (κ2) is 6.19. The maximum Gasteiger partial charge on any atom is 0.200 e. The molecule has 0 aromatic heterocycles. The number of aromatic hydroxyl groups is 2. The first-order chi connectivity index (χ1) is 11.8. The molecule has 1 aliphatic rings. The van der Waals surface area contributed by atoms with Gasteiger partial charge in [-0.05, 0) is 32.0 Å². The fourth-order valence-corrected chi connectivity index (χ4v) is 3.04. The summed E-state index contributed by atoms with van der Waals surface area (Å²) in [5, 5.41) is 35.3. The lowest BCUT2D eigenvalue weighted by atomic mass is 9.82. The van der Waals surface area contributed by atoms with Gasteiger partial charge in [0.15, 0.2) is 11.6 Å². The number of aliphatic hydroxyl groups is 1. The standard InChI is InChI=1S/C18H18N2O5/c1-8(19-9(2)21)20-11-5-3-4-10-14(11)18(25)16-13(23)7-6-12(22)15(16)17(10)24/h3-9,19-23H,1-2H3. The highest BCUT2D eigenvalue weighted by atomic mass is 16.3. The molecule has 0 heterocycles. The molecule has 0 fully saturated rings. The van der Waals surface area contributed by atoms with Gasteiger partial charge in [-0.25, -0.2) is 0 Å². The smallest absolute Gasteiger partial charge is 0.200 e. The summed E-state index contributed by atoms with van der Waals surface area (Å²) in [6.45, 7) is 3.31. The molecule has 7 heteroatoms. The zero-order valence-corrected chi connectivity index (χ0v) is 13.7. The molecule has 5 N–H and O–H groups in total. The van der Waals surface area contributed by atoms with E-state index in [2.05, 4.69) is 10.6 Å². The topological polar surface area (TPSA) is 119 Å². The molecule has 0 aliphatic heterocycles. The number of benzene rings is 2. The average Bonchev–Trinajstić information content (AvgIpc) is 2.53. The zero-order chi connectivity index (χ0) is 18.3. The van der Waals surface area contributed by atoms with E-state index in [9.17, 15) is 24.9 Å². The summed E-state index contributed by atoms with van der Waals surface area (Å²) in [5.41, 5.74) is 0.269. The van der Waals surface area contributed by atoms with E-state index >= 15 is 0 Å². The summed E-state index contributed by atoms with van der Waals surface area (Å²) in [7, 11) is 0. The van der Waals surface area contributed by atoms with Crippen LogP contribution in [0.25, 0.3) is 0 Å². The van der Waals surface area contributed by atoms with Crippen LogP contribution in [0.3, 0.4) is 0 Å². The van der Waals surface area contributed by atoms with Gasteiger partial charge in [0.05, 0.1) is 22.9 Å². The number of hydrogen-bond donors (Lipinski definition) is 5. The van der Waals surface area contributed by atoms with E-state index in [1.54, 1.807) is 26.0 Å². The summed E-state index contributed by atoms with van der Waals surface area (Å²) in [6, 6.07) is 7.11. The molecule has 2 aromatic carbocycles. The van der Waals surface area contributed by atoms with Crippen molar-refractivity contribution in [3.05, 3.63) is 52.6 Å². The molecule has 130 valence electrons. The first-order valence-corrected chi connectivity index (χ1v) is 7.79. The molecular formula is C18H18N2O5. The molecule has 0 spiro atoms. The van der Waals surface area contributed by atoms with Crippen molar-refractivity contribution in [2.45, 2.75) is 26.2 Å². The average molecular weight is 342 g/mol. The first kappa shape index (κ1) is 16.9. The van der Waals surface area contributed by atoms with Crippen molar-refractivity contribution in [2.24, 2.45) is 0 Å². The quantitative estimate of drug-likeness (QED) is 0.360. The van der Waals surface area contributed by atoms with Crippen molar-refractivity contribution in [1.82, 2.24) is 5.32 Å². The largest absolute Gasteiger partial charge is 0.507 e. The van der Waals surface area contributed by atoms with E-state index in [4.69, 9.17) is 0 Å². The van der Waals surface area contributed by atoms with Gasteiger partial charge in [0.2, 0.25) is 0 Å². The Morgan fingerprint density at radius 3 is 2.08 bits per heavy atom. The number of hydrogen-bond acceptors (Lipinski definition) is 7. The van der Waals surface area contributed by atoms with Crippen LogP contribution in [0.15, 0.2) is 30.3 Å². The molecule has 3 rings (SSSR count). The normalized spacial score (nSPS) is 15.3. The van der Waals surface area contributed by atoms with Crippen LogP contribution in [0.4, 0.5) is 5.69 Å². The Balaban J connectivity index is 2.12. The Labute approximate surface area is 143 Å². The minimum atomic E-state index is -0.763. The summed E-state index contributed by atoms with van der Waals surface area (Å²) < 4.78 is 0. The lowest BCUT2D eigenvalue weighted by Gasteiger charge is -2.24. The molecule has 7 nitrogen and oxygen atoms in total. The van der Waals surface area contributed by atoms with E-state index in [0.717, 1.165) is 0 Å². The second-order valence-electron chi connectivity index (χ2n) is 5.95. The summed E-state index contributed by atoms with van der Waals surface area (Å²) >= 11 is 0. The van der Waals surface area contributed by atoms with Crippen LogP contribution in [-0.2, 0) is 0 Å². The van der Waals surface area contributed by atoms with E-state index < -0.39 is 17.8 Å². The molecule has 2 unspecified atom stereocenters. The monoisotopic (exact) mass is 342 g/mol. The van der Waals surface area contributed by atoms with Crippen LogP contribution >= 0.6 is 0 Å². The summed E-state index contributed by atoms with van der Waals surface area (Å²) in [4.78, 5) is 25.7. The second-order valence-corrected chi connectivity index (χ2v) is 5.95. The number of ketones is 2. The summed E-state index contributed by atoms with van der Waals surface area (Å²) in [6.07, 6.45) is -1.14. The number of aliphatic hydroxyl groups excluding tert-OH is 1. The lowest BCUT2D eigenvalue weighted by Crippen LogP contribution is -2.40. The van der Waals surface area contributed by atoms with Gasteiger partial charge in [-0.15, -0.1) is 0 Å². The lowest BCUT2D eigenvalue weighted by molar-refractivity contribution is 0.0974. The first-order valence-electron chi connectivity index (χ1n) is 7.79. The maximum atomic E-state index is 12.9. The molecule has 2 aromatic rings. The van der Waals surface area contributed by atoms with E-state index in [1.165, 1.54) is 18.2 Å². The number of anilines is 1. The molecule has 0 amide bonds. The zero-order valence-electron chi connectivity index (χ0n) is 13.7. The van der Waals surface area contributed by atoms with Crippen molar-refractivity contribution in [3.8, 4) is 11.5 Å². The molecule has 0 radical (unpaired) electrons. The number of fused-ring (bicyclic) bond motifs is 2. The Morgan fingerprint density at radius 1 is 0.880 bits per heavy atom. The van der Waals surface area contributed by atoms with Crippen molar-refractivity contribution in [3.63, 3.8) is 0 Å². The van der Waals surface area contributed by atoms with Crippen LogP contribution in [-0.4, -0.2) is 39.3 Å². The van der Waals surface area contributed by atoms with Crippen molar-refractivity contribution >= 4 is 17.3 Å². The highest BCUT2D eigenvalue weighted by molar-refractivity contribution is 6.31. The number of carbonyl (C=O) groups is 2. The molecule has 2 atom stereocenters. The van der Waals surface area contributed by atoms with E-state index in [-0.39, 0.29) is 39.9 Å². The van der Waals surface area contributed by atoms with Gasteiger partial charge in [0.25, 0.3) is 0 Å². The predicted molar refractivity (Wildman–Crippen MR) is 91.0 cm³/mol. The molecule has 25 heavy (non-hydrogen) atoms. The van der Waals surface area contributed by atoms with E-state index in [0.29, 0.717) is 5.69 Å². The van der Waals surface area contributed by atoms with Crippen molar-refractivity contribution in [2.75, 3.05) is 5.32 Å². The highest BCUT2D eigenvalue weighted by Gasteiger charge is 2.36. The van der Waals surface area contributed by atoms with Gasteiger partial charge in [-0.3, -0.25) is 14.9 Å². The molecule has 0 saturated carbocycles. The minimum absolute atomic E-state index is 0.125. The van der Waals surface area contributed by atoms with E-state index in [1.807, 2.05) is 0 Å². The number of phenolic OH excluding ortho intramolecular Hbond substituents is 2. The maximum absolute atomic E-state index is 12.9. The molecule has 0 saturated heterocycles. The van der Waals surface area contributed by atoms with Gasteiger partial charge in [-0.2, -0.15) is 0 Å². The highest BCUT2D eigenvalue weighted by Crippen LogP contribution is 2.39. The van der Waals surface area contributed by atoms with Gasteiger partial charge in [0.1, 0.15) is 17.7 Å². The van der Waals surface area contributed by atoms with Crippen LogP contribution < -0.4 is 10.6 Å². The third-order valence-corrected chi connectivity index (χ3v) is 4.01. The fraction of sp³-hybridized carbons (Fsp3) is 0.222. The van der Waals surface area contributed by atoms with Gasteiger partial charge in [-0.1, -0.05) is 12.1 Å². The fourth-order valence-electron chi connectivity index (χ4n) is 3.04. The SMILES string of the molecule is CC(O)NC(C)Nc1cccc2c1C(=O)c1c(O)ccc(O)c1C2=O. The van der Waals surface area contributed by atoms with Gasteiger partial charge >= 0.3 is 0 Å². The summed E-state index contributed by atoms with van der Waals surface area (Å²) in [5.74, 6) is -1.79. The molecular weight excluding hydrogens is 324 g/mol. The van der Waals surface area contributed by atoms with Crippen LogP contribution in [0.2, 0.25) is 0 Å². The third kappa shape index (κ3) is 2.84. The molecule has 0 bridgehead atoms. The number of rotatable bonds is 4. The van der Waals surface area contributed by atoms with Crippen molar-refractivity contribution in [1.29, 1.82) is 0 Å². The number of carbonyl (C=O) groups excluding carboxylic acids is 2. The van der Waals surface area contributed by atoms with Gasteiger partial charge in [0, 0.05) is 11.3 Å². The minimum Gasteiger partial charge on any atom is -0.507 e. The molecule has 1 aliphatic carbocycles. The Kier molecular flexibility index (Phi) is 4.20. The van der Waals surface area contributed by atoms with Crippen molar-refractivity contribution < 1.29 is 24.9 Å². The van der Waals surface area contributed by atoms with Gasteiger partial charge < -0.3 is 20.6 Å². The predicted octanol–water partition coefficient (Wildman–Crippen LogP) is 1.56. The van der Waals surface area contributed by atoms with Crippen LogP contribution in [0.5, 0.6) is 11.5 Å². The number of nitrogens with one attached hydrogen (secondary N) is 2. The van der Waals surface area contributed by atoms with Crippen LogP contribution in [0, 0.1) is 0 Å². The third-order valence-electron chi connectivity index (χ3n) is 4.01. The Morgan fingerprint density at radius 2 is 1.48 bits per heavy atom.